The Kier molecular flexibility index (Phi) is 4.71. The van der Waals surface area contributed by atoms with Crippen molar-refractivity contribution < 1.29 is 0 Å². The van der Waals surface area contributed by atoms with E-state index in [1.165, 1.54) is 0 Å². The minimum atomic E-state index is -0.0728. The van der Waals surface area contributed by atoms with Crippen LogP contribution in [0, 0.1) is 6.92 Å². The smallest absolute Gasteiger partial charge is 0.280 e. The number of halogens is 1. The summed E-state index contributed by atoms with van der Waals surface area (Å²) in [5.41, 5.74) is 3.92. The van der Waals surface area contributed by atoms with E-state index >= 15 is 0 Å². The van der Waals surface area contributed by atoms with Gasteiger partial charge in [-0.25, -0.2) is 4.68 Å². The molecular weight excluding hydrogens is 366 g/mol. The van der Waals surface area contributed by atoms with Gasteiger partial charge in [0.05, 0.1) is 11.3 Å². The number of aromatic amines is 1. The number of aryl methyl sites for hydroxylation is 1. The molecule has 24 heavy (non-hydrogen) atoms. The summed E-state index contributed by atoms with van der Waals surface area (Å²) >= 11 is 3.43. The van der Waals surface area contributed by atoms with Crippen molar-refractivity contribution in [3.8, 4) is 5.69 Å². The monoisotopic (exact) mass is 383 g/mol. The summed E-state index contributed by atoms with van der Waals surface area (Å²) in [6, 6.07) is 17.4. The number of hydrogen-bond acceptors (Lipinski definition) is 2. The lowest BCUT2D eigenvalue weighted by Gasteiger charge is -2.09. The summed E-state index contributed by atoms with van der Waals surface area (Å²) in [5, 5.41) is 6.48. The highest BCUT2D eigenvalue weighted by molar-refractivity contribution is 9.10. The van der Waals surface area contributed by atoms with Crippen LogP contribution in [0.15, 0.2) is 69.9 Å². The molecule has 1 heterocycles. The van der Waals surface area contributed by atoms with E-state index in [-0.39, 0.29) is 5.56 Å². The van der Waals surface area contributed by atoms with Gasteiger partial charge in [0.15, 0.2) is 0 Å². The molecule has 1 aromatic heterocycles. The van der Waals surface area contributed by atoms with Crippen molar-refractivity contribution in [2.75, 3.05) is 5.32 Å². The largest absolute Gasteiger partial charge is 0.355 e. The Hall–Kier alpha value is -2.53. The lowest BCUT2D eigenvalue weighted by molar-refractivity contribution is 0.835. The topological polar surface area (TPSA) is 49.8 Å². The highest BCUT2D eigenvalue weighted by Crippen LogP contribution is 2.21. The minimum absolute atomic E-state index is 0.0728. The number of nitrogens with zero attached hydrogens (tertiary/aromatic N) is 1. The number of nitrogens with one attached hydrogen (secondary N) is 2. The van der Waals surface area contributed by atoms with E-state index in [0.29, 0.717) is 5.56 Å². The second-order valence-electron chi connectivity index (χ2n) is 5.42. The molecule has 0 bridgehead atoms. The third-order valence-corrected chi connectivity index (χ3v) is 4.30. The Labute approximate surface area is 149 Å². The van der Waals surface area contributed by atoms with Gasteiger partial charge in [0, 0.05) is 21.6 Å². The number of para-hydroxylation sites is 1. The molecule has 0 radical (unpaired) electrons. The minimum Gasteiger partial charge on any atom is -0.355 e. The first-order valence-corrected chi connectivity index (χ1v) is 8.46. The van der Waals surface area contributed by atoms with E-state index in [4.69, 9.17) is 0 Å². The molecule has 0 amide bonds. The van der Waals surface area contributed by atoms with E-state index in [9.17, 15) is 4.79 Å². The van der Waals surface area contributed by atoms with Crippen LogP contribution < -0.4 is 10.9 Å². The highest BCUT2D eigenvalue weighted by atomic mass is 79.9. The normalized spacial score (nSPS) is 11.5. The van der Waals surface area contributed by atoms with Crippen LogP contribution in [-0.4, -0.2) is 9.78 Å². The predicted octanol–water partition coefficient (Wildman–Crippen LogP) is 4.71. The predicted molar refractivity (Wildman–Crippen MR) is 103 cm³/mol. The number of hydrogen-bond donors (Lipinski definition) is 2. The zero-order valence-corrected chi connectivity index (χ0v) is 15.1. The standard InChI is InChI=1S/C19H18BrN3O/c1-3-17(21-15-11-9-14(20)10-12-15)18-13(2)22-23(19(18)24)16-7-5-4-6-8-16/h3-12,21-22H,1-2H3/b17-3-. The van der Waals surface area contributed by atoms with Crippen LogP contribution in [0.1, 0.15) is 18.2 Å². The van der Waals surface area contributed by atoms with Gasteiger partial charge >= 0.3 is 0 Å². The number of aromatic nitrogens is 2. The molecule has 122 valence electrons. The van der Waals surface area contributed by atoms with E-state index in [1.807, 2.05) is 74.5 Å². The Morgan fingerprint density at radius 3 is 2.42 bits per heavy atom. The first-order chi connectivity index (χ1) is 11.6. The van der Waals surface area contributed by atoms with Gasteiger partial charge in [-0.05, 0) is 50.2 Å². The molecule has 2 N–H and O–H groups in total. The van der Waals surface area contributed by atoms with E-state index in [1.54, 1.807) is 4.68 Å². The summed E-state index contributed by atoms with van der Waals surface area (Å²) in [5.74, 6) is 0. The molecule has 0 saturated heterocycles. The maximum atomic E-state index is 12.9. The molecule has 0 aliphatic heterocycles. The van der Waals surface area contributed by atoms with Crippen molar-refractivity contribution in [3.63, 3.8) is 0 Å². The molecule has 2 aromatic carbocycles. The van der Waals surface area contributed by atoms with Gasteiger partial charge in [0.2, 0.25) is 0 Å². The Bertz CT molecular complexity index is 921. The van der Waals surface area contributed by atoms with Crippen molar-refractivity contribution in [2.45, 2.75) is 13.8 Å². The molecule has 5 heteroatoms. The van der Waals surface area contributed by atoms with Gasteiger partial charge in [0.25, 0.3) is 5.56 Å². The molecule has 3 aromatic rings. The van der Waals surface area contributed by atoms with Crippen LogP contribution in [0.2, 0.25) is 0 Å². The SMILES string of the molecule is C/C=C(\Nc1ccc(Br)cc1)c1c(C)[nH]n(-c2ccccc2)c1=O. The number of rotatable bonds is 4. The summed E-state index contributed by atoms with van der Waals surface area (Å²) in [4.78, 5) is 12.9. The van der Waals surface area contributed by atoms with Crippen LogP contribution in [0.5, 0.6) is 0 Å². The van der Waals surface area contributed by atoms with Crippen molar-refractivity contribution in [3.05, 3.63) is 86.8 Å². The van der Waals surface area contributed by atoms with Crippen LogP contribution in [-0.2, 0) is 0 Å². The number of allylic oxidation sites excluding steroid dienone is 1. The molecule has 0 aliphatic rings. The second-order valence-corrected chi connectivity index (χ2v) is 6.34. The molecule has 0 atom stereocenters. The van der Waals surface area contributed by atoms with Crippen LogP contribution in [0.4, 0.5) is 5.69 Å². The molecule has 3 rings (SSSR count). The van der Waals surface area contributed by atoms with Gasteiger partial charge in [-0.1, -0.05) is 40.2 Å². The van der Waals surface area contributed by atoms with Gasteiger partial charge in [-0.15, -0.1) is 0 Å². The fraction of sp³-hybridized carbons (Fsp3) is 0.105. The zero-order valence-electron chi connectivity index (χ0n) is 13.5. The van der Waals surface area contributed by atoms with Crippen LogP contribution >= 0.6 is 15.9 Å². The maximum Gasteiger partial charge on any atom is 0.280 e. The fourth-order valence-corrected chi connectivity index (χ4v) is 2.85. The third-order valence-electron chi connectivity index (χ3n) is 3.77. The maximum absolute atomic E-state index is 12.9. The molecule has 0 saturated carbocycles. The van der Waals surface area contributed by atoms with Crippen molar-refractivity contribution >= 4 is 27.3 Å². The van der Waals surface area contributed by atoms with Crippen LogP contribution in [0.3, 0.4) is 0 Å². The van der Waals surface area contributed by atoms with Gasteiger partial charge in [0.1, 0.15) is 0 Å². The molecule has 4 nitrogen and oxygen atoms in total. The summed E-state index contributed by atoms with van der Waals surface area (Å²) < 4.78 is 2.58. The Balaban J connectivity index is 2.00. The zero-order chi connectivity index (χ0) is 17.1. The van der Waals surface area contributed by atoms with E-state index in [2.05, 4.69) is 26.3 Å². The van der Waals surface area contributed by atoms with Crippen molar-refractivity contribution in [1.82, 2.24) is 9.78 Å². The molecule has 0 aliphatic carbocycles. The van der Waals surface area contributed by atoms with Gasteiger partial charge in [-0.3, -0.25) is 9.89 Å². The second kappa shape index (κ2) is 6.93. The number of H-pyrrole nitrogens is 1. The summed E-state index contributed by atoms with van der Waals surface area (Å²) in [7, 11) is 0. The Morgan fingerprint density at radius 1 is 1.12 bits per heavy atom. The van der Waals surface area contributed by atoms with Gasteiger partial charge in [-0.2, -0.15) is 0 Å². The molecular formula is C19H18BrN3O. The number of anilines is 1. The van der Waals surface area contributed by atoms with Crippen LogP contribution in [0.25, 0.3) is 11.4 Å². The average molecular weight is 384 g/mol. The first kappa shape index (κ1) is 16.3. The Morgan fingerprint density at radius 2 is 1.79 bits per heavy atom. The molecule has 0 spiro atoms. The average Bonchev–Trinajstić information content (AvgIpc) is 2.90. The quantitative estimate of drug-likeness (QED) is 0.685. The molecule has 0 fully saturated rings. The van der Waals surface area contributed by atoms with Crippen molar-refractivity contribution in [1.29, 1.82) is 0 Å². The number of benzene rings is 2. The lowest BCUT2D eigenvalue weighted by atomic mass is 10.1. The van der Waals surface area contributed by atoms with Crippen molar-refractivity contribution in [2.24, 2.45) is 0 Å². The fourth-order valence-electron chi connectivity index (χ4n) is 2.59. The van der Waals surface area contributed by atoms with Gasteiger partial charge < -0.3 is 5.32 Å². The highest BCUT2D eigenvalue weighted by Gasteiger charge is 2.16. The van der Waals surface area contributed by atoms with E-state index < -0.39 is 0 Å². The summed E-state index contributed by atoms with van der Waals surface area (Å²) in [6.45, 7) is 3.82. The summed E-state index contributed by atoms with van der Waals surface area (Å²) in [6.07, 6.45) is 1.91. The first-order valence-electron chi connectivity index (χ1n) is 7.66. The molecule has 0 unspecified atom stereocenters. The lowest BCUT2D eigenvalue weighted by Crippen LogP contribution is -2.18. The van der Waals surface area contributed by atoms with E-state index in [0.717, 1.165) is 27.2 Å². The third kappa shape index (κ3) is 3.21.